The highest BCUT2D eigenvalue weighted by Gasteiger charge is 2.22. The van der Waals surface area contributed by atoms with Gasteiger partial charge in [-0.1, -0.05) is 47.3 Å². The summed E-state index contributed by atoms with van der Waals surface area (Å²) in [5.74, 6) is 0.439. The Labute approximate surface area is 266 Å². The topological polar surface area (TPSA) is 85.6 Å². The van der Waals surface area contributed by atoms with Gasteiger partial charge in [-0.25, -0.2) is 9.37 Å². The summed E-state index contributed by atoms with van der Waals surface area (Å²) in [5.41, 5.74) is 1.34. The molecule has 5 rings (SSSR count). The summed E-state index contributed by atoms with van der Waals surface area (Å²) in [4.78, 5) is 30.8. The number of benzene rings is 3. The normalized spacial score (nSPS) is 14.1. The first kappa shape index (κ1) is 29.1. The Balaban J connectivity index is 1.39. The molecule has 0 unspecified atom stereocenters. The Kier molecular flexibility index (Phi) is 9.51. The quantitative estimate of drug-likeness (QED) is 0.155. The van der Waals surface area contributed by atoms with Gasteiger partial charge in [0.2, 0.25) is 0 Å². The Morgan fingerprint density at radius 3 is 2.58 bits per heavy atom. The van der Waals surface area contributed by atoms with E-state index in [9.17, 15) is 14.0 Å². The maximum absolute atomic E-state index is 13.8. The third-order valence-electron chi connectivity index (χ3n) is 6.64. The van der Waals surface area contributed by atoms with E-state index in [2.05, 4.69) is 71.5 Å². The fraction of sp³-hybridized carbons (Fsp3) is 0.241. The van der Waals surface area contributed by atoms with Crippen molar-refractivity contribution in [2.45, 2.75) is 38.0 Å². The van der Waals surface area contributed by atoms with Crippen molar-refractivity contribution >= 4 is 89.8 Å². The van der Waals surface area contributed by atoms with E-state index in [0.29, 0.717) is 22.5 Å². The van der Waals surface area contributed by atoms with Gasteiger partial charge in [-0.05, 0) is 106 Å². The number of aromatic nitrogens is 2. The van der Waals surface area contributed by atoms with E-state index in [1.165, 1.54) is 23.2 Å². The molecule has 1 amide bonds. The van der Waals surface area contributed by atoms with Crippen molar-refractivity contribution in [3.8, 4) is 5.75 Å². The molecule has 0 atom stereocenters. The minimum Gasteiger partial charge on any atom is -0.482 e. The lowest BCUT2D eigenvalue weighted by Gasteiger charge is -2.22. The summed E-state index contributed by atoms with van der Waals surface area (Å²) in [6, 6.07) is 15.2. The first-order chi connectivity index (χ1) is 19.3. The van der Waals surface area contributed by atoms with Crippen molar-refractivity contribution in [2.24, 2.45) is 5.10 Å². The van der Waals surface area contributed by atoms with Crippen LogP contribution in [0.25, 0.3) is 10.9 Å². The fourth-order valence-electron chi connectivity index (χ4n) is 4.71. The van der Waals surface area contributed by atoms with Crippen LogP contribution in [0.1, 0.15) is 49.4 Å². The zero-order chi connectivity index (χ0) is 28.2. The van der Waals surface area contributed by atoms with Gasteiger partial charge in [0.25, 0.3) is 11.5 Å². The van der Waals surface area contributed by atoms with Crippen molar-refractivity contribution in [3.05, 3.63) is 93.8 Å². The lowest BCUT2D eigenvalue weighted by Crippen LogP contribution is -2.25. The number of rotatable bonds is 7. The summed E-state index contributed by atoms with van der Waals surface area (Å²) in [5, 5.41) is 7.65. The lowest BCUT2D eigenvalue weighted by atomic mass is 9.88. The molecular formula is C29H24BrFI2N4O3. The van der Waals surface area contributed by atoms with Gasteiger partial charge >= 0.3 is 0 Å². The summed E-state index contributed by atoms with van der Waals surface area (Å²) >= 11 is 7.73. The van der Waals surface area contributed by atoms with Gasteiger partial charge in [-0.3, -0.25) is 9.59 Å². The Morgan fingerprint density at radius 1 is 1.12 bits per heavy atom. The van der Waals surface area contributed by atoms with Crippen LogP contribution in [0.5, 0.6) is 5.75 Å². The van der Waals surface area contributed by atoms with E-state index >= 15 is 0 Å². The highest BCUT2D eigenvalue weighted by molar-refractivity contribution is 14.1. The van der Waals surface area contributed by atoms with Crippen LogP contribution < -0.4 is 15.6 Å². The number of carbonyl (C=O) groups excluding carboxylic acids is 1. The molecule has 1 aliphatic rings. The lowest BCUT2D eigenvalue weighted by molar-refractivity contribution is -0.118. The molecule has 40 heavy (non-hydrogen) atoms. The zero-order valence-electron chi connectivity index (χ0n) is 21.2. The molecule has 1 heterocycles. The molecule has 0 saturated heterocycles. The van der Waals surface area contributed by atoms with Crippen molar-refractivity contribution in [3.63, 3.8) is 0 Å². The summed E-state index contributed by atoms with van der Waals surface area (Å²) < 4.78 is 23.4. The smallest absolute Gasteiger partial charge is 0.282 e. The van der Waals surface area contributed by atoms with Crippen LogP contribution in [0, 0.1) is 13.0 Å². The second kappa shape index (κ2) is 13.1. The Morgan fingerprint density at radius 2 is 1.85 bits per heavy atom. The maximum atomic E-state index is 13.8. The molecule has 0 spiro atoms. The zero-order valence-corrected chi connectivity index (χ0v) is 27.1. The molecule has 7 nitrogen and oxygen atoms in total. The Hall–Kier alpha value is -2.39. The van der Waals surface area contributed by atoms with E-state index < -0.39 is 11.7 Å². The number of nitrogens with one attached hydrogen (secondary N) is 1. The van der Waals surface area contributed by atoms with Crippen LogP contribution in [-0.4, -0.2) is 28.4 Å². The van der Waals surface area contributed by atoms with Crippen LogP contribution >= 0.6 is 61.1 Å². The first-order valence-electron chi connectivity index (χ1n) is 12.7. The summed E-state index contributed by atoms with van der Waals surface area (Å²) in [7, 11) is 0. The SMILES string of the molecule is O=C(COc1c(I)cc(C=Nn2c(C3CCCCC3)nc3ccc(Br)cc3c2=O)cc1I)Nc1ccccc1F. The van der Waals surface area contributed by atoms with Gasteiger partial charge in [0.15, 0.2) is 6.61 Å². The van der Waals surface area contributed by atoms with Crippen LogP contribution in [0.2, 0.25) is 0 Å². The molecule has 1 aliphatic carbocycles. The van der Waals surface area contributed by atoms with E-state index in [1.807, 2.05) is 24.3 Å². The number of hydrogen-bond acceptors (Lipinski definition) is 5. The minimum atomic E-state index is -0.511. The molecular weight excluding hydrogens is 805 g/mol. The summed E-state index contributed by atoms with van der Waals surface area (Å²) in [6.45, 7) is -0.272. The molecule has 1 N–H and O–H groups in total. The molecule has 11 heteroatoms. The van der Waals surface area contributed by atoms with Gasteiger partial charge in [0.1, 0.15) is 17.4 Å². The summed E-state index contributed by atoms with van der Waals surface area (Å²) in [6.07, 6.45) is 7.03. The van der Waals surface area contributed by atoms with Gasteiger partial charge in [0.05, 0.1) is 29.9 Å². The van der Waals surface area contributed by atoms with E-state index in [4.69, 9.17) is 9.72 Å². The van der Waals surface area contributed by atoms with Gasteiger partial charge in [-0.2, -0.15) is 9.78 Å². The molecule has 206 valence electrons. The standard InChI is InChI=1S/C29H24BrFI2N4O3/c30-19-10-11-24-20(14-19)29(39)37(28(36-24)18-6-2-1-3-7-18)34-15-17-12-22(32)27(23(33)13-17)40-16-26(38)35-25-9-5-4-8-21(25)31/h4-5,8-15,18H,1-3,6-7,16H2,(H,35,38). The largest absolute Gasteiger partial charge is 0.482 e. The van der Waals surface area contributed by atoms with Gasteiger partial charge in [-0.15, -0.1) is 0 Å². The van der Waals surface area contributed by atoms with E-state index in [1.54, 1.807) is 24.4 Å². The van der Waals surface area contributed by atoms with Crippen molar-refractivity contribution in [1.29, 1.82) is 0 Å². The molecule has 0 bridgehead atoms. The number of carbonyl (C=O) groups is 1. The van der Waals surface area contributed by atoms with Gasteiger partial charge < -0.3 is 10.1 Å². The molecule has 1 fully saturated rings. The third-order valence-corrected chi connectivity index (χ3v) is 8.74. The molecule has 0 aliphatic heterocycles. The number of ether oxygens (including phenoxy) is 1. The molecule has 1 aromatic heterocycles. The minimum absolute atomic E-state index is 0.102. The third kappa shape index (κ3) is 6.73. The molecule has 0 radical (unpaired) electrons. The van der Waals surface area contributed by atoms with Crippen LogP contribution in [0.4, 0.5) is 10.1 Å². The molecule has 1 saturated carbocycles. The van der Waals surface area contributed by atoms with Crippen molar-refractivity contribution in [1.82, 2.24) is 9.66 Å². The number of fused-ring (bicyclic) bond motifs is 1. The van der Waals surface area contributed by atoms with Crippen molar-refractivity contribution in [2.75, 3.05) is 11.9 Å². The maximum Gasteiger partial charge on any atom is 0.282 e. The second-order valence-corrected chi connectivity index (χ2v) is 12.7. The Bertz CT molecular complexity index is 1650. The number of halogens is 4. The number of amides is 1. The monoisotopic (exact) mass is 828 g/mol. The number of anilines is 1. The van der Waals surface area contributed by atoms with E-state index in [-0.39, 0.29) is 23.8 Å². The van der Waals surface area contributed by atoms with Crippen molar-refractivity contribution < 1.29 is 13.9 Å². The van der Waals surface area contributed by atoms with Crippen LogP contribution in [-0.2, 0) is 4.79 Å². The predicted molar refractivity (Wildman–Crippen MR) is 175 cm³/mol. The average molecular weight is 829 g/mol. The van der Waals surface area contributed by atoms with E-state index in [0.717, 1.165) is 42.9 Å². The van der Waals surface area contributed by atoms with Crippen LogP contribution in [0.3, 0.4) is 0 Å². The highest BCUT2D eigenvalue weighted by atomic mass is 127. The highest BCUT2D eigenvalue weighted by Crippen LogP contribution is 2.32. The second-order valence-electron chi connectivity index (χ2n) is 9.46. The molecule has 3 aromatic carbocycles. The van der Waals surface area contributed by atoms with Crippen LogP contribution in [0.15, 0.2) is 69.0 Å². The number of para-hydroxylation sites is 1. The van der Waals surface area contributed by atoms with Gasteiger partial charge in [0, 0.05) is 10.4 Å². The fourth-order valence-corrected chi connectivity index (χ4v) is 7.19. The average Bonchev–Trinajstić information content (AvgIpc) is 2.94. The predicted octanol–water partition coefficient (Wildman–Crippen LogP) is 7.45. The molecule has 4 aromatic rings. The number of hydrogen-bond donors (Lipinski definition) is 1. The first-order valence-corrected chi connectivity index (χ1v) is 15.7. The number of nitrogens with zero attached hydrogens (tertiary/aromatic N) is 3.